The van der Waals surface area contributed by atoms with E-state index in [4.69, 9.17) is 10.5 Å². The maximum atomic E-state index is 13.2. The van der Waals surface area contributed by atoms with Crippen molar-refractivity contribution in [3.63, 3.8) is 0 Å². The van der Waals surface area contributed by atoms with Crippen LogP contribution in [-0.4, -0.2) is 18.8 Å². The molecule has 0 radical (unpaired) electrons. The highest BCUT2D eigenvalue weighted by atomic mass is 19.1. The van der Waals surface area contributed by atoms with Crippen LogP contribution < -0.4 is 10.5 Å². The molecule has 90 valence electrons. The Morgan fingerprint density at radius 2 is 2.12 bits per heavy atom. The fraction of sp³-hybridized carbons (Fsp3) is 0.500. The first kappa shape index (κ1) is 12.9. The van der Waals surface area contributed by atoms with Gasteiger partial charge in [-0.1, -0.05) is 13.8 Å². The van der Waals surface area contributed by atoms with Gasteiger partial charge in [-0.2, -0.15) is 0 Å². The average Bonchev–Trinajstić information content (AvgIpc) is 2.28. The molecule has 0 aromatic heterocycles. The number of aliphatic hydroxyl groups excluding tert-OH is 1. The molecule has 0 bridgehead atoms. The Kier molecular flexibility index (Phi) is 3.88. The van der Waals surface area contributed by atoms with Crippen molar-refractivity contribution in [2.45, 2.75) is 19.9 Å². The summed E-state index contributed by atoms with van der Waals surface area (Å²) in [6.45, 7) is 3.57. The molecule has 0 amide bonds. The van der Waals surface area contributed by atoms with Crippen molar-refractivity contribution in [3.8, 4) is 5.75 Å². The van der Waals surface area contributed by atoms with E-state index in [9.17, 15) is 9.50 Å². The number of rotatable bonds is 4. The Bertz CT molecular complexity index is 366. The number of aliphatic hydroxyl groups is 1. The van der Waals surface area contributed by atoms with Gasteiger partial charge in [0.1, 0.15) is 11.6 Å². The summed E-state index contributed by atoms with van der Waals surface area (Å²) < 4.78 is 18.3. The lowest BCUT2D eigenvalue weighted by Crippen LogP contribution is -2.32. The Balaban J connectivity index is 3.16. The largest absolute Gasteiger partial charge is 0.496 e. The molecule has 0 saturated carbocycles. The summed E-state index contributed by atoms with van der Waals surface area (Å²) in [7, 11) is 1.51. The molecule has 0 aliphatic carbocycles. The molecule has 0 spiro atoms. The summed E-state index contributed by atoms with van der Waals surface area (Å²) in [5.41, 5.74) is 6.07. The van der Waals surface area contributed by atoms with Crippen LogP contribution in [0.1, 0.15) is 25.5 Å². The van der Waals surface area contributed by atoms with Crippen LogP contribution in [0.5, 0.6) is 5.75 Å². The van der Waals surface area contributed by atoms with Crippen LogP contribution in [0.4, 0.5) is 4.39 Å². The molecule has 0 aliphatic rings. The topological polar surface area (TPSA) is 55.5 Å². The molecule has 3 N–H and O–H groups in total. The lowest BCUT2D eigenvalue weighted by Gasteiger charge is -2.30. The summed E-state index contributed by atoms with van der Waals surface area (Å²) in [5, 5.41) is 9.24. The summed E-state index contributed by atoms with van der Waals surface area (Å²) in [6.07, 6.45) is 0. The van der Waals surface area contributed by atoms with E-state index in [0.717, 1.165) is 0 Å². The maximum absolute atomic E-state index is 13.2. The number of methoxy groups -OCH3 is 1. The summed E-state index contributed by atoms with van der Waals surface area (Å²) in [5.74, 6) is 0.176. The molecule has 0 fully saturated rings. The maximum Gasteiger partial charge on any atom is 0.123 e. The van der Waals surface area contributed by atoms with Crippen molar-refractivity contribution in [1.29, 1.82) is 0 Å². The normalized spacial score (nSPS) is 13.6. The van der Waals surface area contributed by atoms with Crippen LogP contribution in [-0.2, 0) is 0 Å². The van der Waals surface area contributed by atoms with E-state index < -0.39 is 11.5 Å². The Labute approximate surface area is 95.0 Å². The van der Waals surface area contributed by atoms with Gasteiger partial charge in [-0.3, -0.25) is 0 Å². The lowest BCUT2D eigenvalue weighted by molar-refractivity contribution is 0.131. The quantitative estimate of drug-likeness (QED) is 0.825. The van der Waals surface area contributed by atoms with Crippen LogP contribution in [0.15, 0.2) is 18.2 Å². The van der Waals surface area contributed by atoms with E-state index >= 15 is 0 Å². The van der Waals surface area contributed by atoms with Gasteiger partial charge in [0.15, 0.2) is 0 Å². The monoisotopic (exact) mass is 227 g/mol. The van der Waals surface area contributed by atoms with Gasteiger partial charge >= 0.3 is 0 Å². The van der Waals surface area contributed by atoms with Crippen molar-refractivity contribution in [1.82, 2.24) is 0 Å². The first-order valence-electron chi connectivity index (χ1n) is 5.12. The number of hydrogen-bond donors (Lipinski definition) is 2. The molecule has 0 aliphatic heterocycles. The first-order chi connectivity index (χ1) is 7.42. The molecule has 0 unspecified atom stereocenters. The Morgan fingerprint density at radius 1 is 1.50 bits per heavy atom. The van der Waals surface area contributed by atoms with Crippen molar-refractivity contribution >= 4 is 0 Å². The molecular formula is C12H18FNO2. The summed E-state index contributed by atoms with van der Waals surface area (Å²) in [6, 6.07) is 3.73. The minimum absolute atomic E-state index is 0.0756. The second-order valence-electron chi connectivity index (χ2n) is 4.51. The highest BCUT2D eigenvalue weighted by Gasteiger charge is 2.29. The number of halogens is 1. The van der Waals surface area contributed by atoms with Gasteiger partial charge < -0.3 is 15.6 Å². The first-order valence-corrected chi connectivity index (χ1v) is 5.12. The van der Waals surface area contributed by atoms with E-state index in [2.05, 4.69) is 0 Å². The molecule has 1 aromatic carbocycles. The van der Waals surface area contributed by atoms with Crippen LogP contribution >= 0.6 is 0 Å². The number of benzene rings is 1. The van der Waals surface area contributed by atoms with E-state index in [1.54, 1.807) is 0 Å². The molecular weight excluding hydrogens is 209 g/mol. The van der Waals surface area contributed by atoms with Crippen molar-refractivity contribution in [3.05, 3.63) is 29.6 Å². The number of nitrogens with two attached hydrogens (primary N) is 1. The minimum Gasteiger partial charge on any atom is -0.496 e. The third-order valence-corrected chi connectivity index (χ3v) is 2.78. The highest BCUT2D eigenvalue weighted by molar-refractivity contribution is 5.37. The van der Waals surface area contributed by atoms with Crippen LogP contribution in [0.2, 0.25) is 0 Å². The standard InChI is InChI=1S/C12H18FNO2/c1-12(2,7-15)11(14)9-6-8(13)4-5-10(9)16-3/h4-6,11,15H,7,14H2,1-3H3/t11-/m0/s1. The molecule has 3 nitrogen and oxygen atoms in total. The van der Waals surface area contributed by atoms with E-state index in [-0.39, 0.29) is 12.4 Å². The molecule has 1 aromatic rings. The summed E-state index contributed by atoms with van der Waals surface area (Å²) >= 11 is 0. The predicted molar refractivity (Wildman–Crippen MR) is 60.7 cm³/mol. The fourth-order valence-corrected chi connectivity index (χ4v) is 1.47. The molecule has 0 heterocycles. The van der Waals surface area contributed by atoms with Gasteiger partial charge in [0.05, 0.1) is 7.11 Å². The Hall–Kier alpha value is -1.13. The molecule has 1 rings (SSSR count). The fourth-order valence-electron chi connectivity index (χ4n) is 1.47. The van der Waals surface area contributed by atoms with Gasteiger partial charge in [0.2, 0.25) is 0 Å². The minimum atomic E-state index is -0.527. The van der Waals surface area contributed by atoms with Crippen molar-refractivity contribution < 1.29 is 14.2 Å². The second kappa shape index (κ2) is 4.80. The zero-order valence-electron chi connectivity index (χ0n) is 9.83. The van der Waals surface area contributed by atoms with Crippen LogP contribution in [0.25, 0.3) is 0 Å². The van der Waals surface area contributed by atoms with Crippen molar-refractivity contribution in [2.24, 2.45) is 11.1 Å². The Morgan fingerprint density at radius 3 is 2.62 bits per heavy atom. The second-order valence-corrected chi connectivity index (χ2v) is 4.51. The lowest BCUT2D eigenvalue weighted by atomic mass is 9.81. The van der Waals surface area contributed by atoms with Crippen molar-refractivity contribution in [2.75, 3.05) is 13.7 Å². The molecule has 4 heteroatoms. The highest BCUT2D eigenvalue weighted by Crippen LogP contribution is 2.35. The molecule has 1 atom stereocenters. The number of ether oxygens (including phenoxy) is 1. The predicted octanol–water partition coefficient (Wildman–Crippen LogP) is 1.85. The third-order valence-electron chi connectivity index (χ3n) is 2.78. The summed E-state index contributed by atoms with van der Waals surface area (Å²) in [4.78, 5) is 0. The van der Waals surface area contributed by atoms with Crippen LogP contribution in [0.3, 0.4) is 0 Å². The van der Waals surface area contributed by atoms with Gasteiger partial charge in [-0.25, -0.2) is 4.39 Å². The van der Waals surface area contributed by atoms with E-state index in [1.807, 2.05) is 13.8 Å². The third kappa shape index (κ3) is 2.51. The van der Waals surface area contributed by atoms with Gasteiger partial charge in [0, 0.05) is 23.6 Å². The van der Waals surface area contributed by atoms with Gasteiger partial charge in [-0.05, 0) is 18.2 Å². The number of hydrogen-bond acceptors (Lipinski definition) is 3. The van der Waals surface area contributed by atoms with Crippen LogP contribution in [0, 0.1) is 11.2 Å². The average molecular weight is 227 g/mol. The zero-order chi connectivity index (χ0) is 12.3. The SMILES string of the molecule is COc1ccc(F)cc1[C@H](N)C(C)(C)CO. The van der Waals surface area contributed by atoms with E-state index in [1.165, 1.54) is 25.3 Å². The molecule has 0 saturated heterocycles. The smallest absolute Gasteiger partial charge is 0.123 e. The van der Waals surface area contributed by atoms with Gasteiger partial charge in [0.25, 0.3) is 0 Å². The van der Waals surface area contributed by atoms with Gasteiger partial charge in [-0.15, -0.1) is 0 Å². The molecule has 16 heavy (non-hydrogen) atoms. The zero-order valence-corrected chi connectivity index (χ0v) is 9.83. The van der Waals surface area contributed by atoms with E-state index in [0.29, 0.717) is 11.3 Å².